The second-order valence-corrected chi connectivity index (χ2v) is 13.9. The lowest BCUT2D eigenvalue weighted by molar-refractivity contribution is -0.384. The van der Waals surface area contributed by atoms with Crippen molar-refractivity contribution >= 4 is 27.5 Å². The Morgan fingerprint density at radius 1 is 1.05 bits per heavy atom. The summed E-state index contributed by atoms with van der Waals surface area (Å²) >= 11 is 0. The summed E-state index contributed by atoms with van der Waals surface area (Å²) in [4.78, 5) is 23.5. The van der Waals surface area contributed by atoms with E-state index >= 15 is 0 Å². The van der Waals surface area contributed by atoms with Gasteiger partial charge in [0.1, 0.15) is 11.3 Å². The third-order valence-electron chi connectivity index (χ3n) is 5.93. The van der Waals surface area contributed by atoms with Crippen LogP contribution in [0, 0.1) is 22.0 Å². The number of ether oxygens (including phenoxy) is 1. The van der Waals surface area contributed by atoms with Crippen LogP contribution in [0.5, 0.6) is 0 Å². The van der Waals surface area contributed by atoms with Crippen LogP contribution in [-0.2, 0) is 21.2 Å². The van der Waals surface area contributed by atoms with Gasteiger partial charge in [0, 0.05) is 25.7 Å². The first kappa shape index (κ1) is 34.0. The zero-order valence-electron chi connectivity index (χ0n) is 25.0. The molecule has 12 heteroatoms. The number of nitrogens with zero attached hydrogens (tertiary/aromatic N) is 2. The number of nitrogens with one attached hydrogen (secondary N) is 2. The molecule has 0 bridgehead atoms. The maximum absolute atomic E-state index is 13.9. The summed E-state index contributed by atoms with van der Waals surface area (Å²) in [6.45, 7) is 12.9. The van der Waals surface area contributed by atoms with Crippen LogP contribution in [0.1, 0.15) is 54.0 Å². The number of hydrogen-bond donors (Lipinski definition) is 3. The number of benzene rings is 2. The van der Waals surface area contributed by atoms with E-state index in [1.54, 1.807) is 20.8 Å². The molecule has 41 heavy (non-hydrogen) atoms. The molecule has 0 spiro atoms. The predicted molar refractivity (Wildman–Crippen MR) is 159 cm³/mol. The Kier molecular flexibility index (Phi) is 12.1. The first-order valence-electron chi connectivity index (χ1n) is 13.7. The van der Waals surface area contributed by atoms with Gasteiger partial charge in [0.2, 0.25) is 10.0 Å². The first-order valence-corrected chi connectivity index (χ1v) is 15.2. The van der Waals surface area contributed by atoms with Crippen molar-refractivity contribution in [3.63, 3.8) is 0 Å². The van der Waals surface area contributed by atoms with Crippen molar-refractivity contribution in [1.82, 2.24) is 9.62 Å². The summed E-state index contributed by atoms with van der Waals surface area (Å²) in [7, 11) is -4.19. The van der Waals surface area contributed by atoms with Gasteiger partial charge in [0.05, 0.1) is 22.0 Å². The van der Waals surface area contributed by atoms with Crippen molar-refractivity contribution < 1.29 is 28.0 Å². The molecule has 1 amide bonds. The van der Waals surface area contributed by atoms with Crippen LogP contribution in [0.2, 0.25) is 0 Å². The number of carbonyl (C=O) groups is 1. The Balaban J connectivity index is 2.43. The summed E-state index contributed by atoms with van der Waals surface area (Å²) in [5.41, 5.74) is -0.0636. The molecule has 2 aromatic rings. The van der Waals surface area contributed by atoms with Crippen LogP contribution in [0.3, 0.4) is 0 Å². The molecule has 0 radical (unpaired) electrons. The minimum absolute atomic E-state index is 0.0790. The van der Waals surface area contributed by atoms with Crippen molar-refractivity contribution in [3.8, 4) is 0 Å². The van der Waals surface area contributed by atoms with Crippen LogP contribution in [0.4, 0.5) is 16.2 Å². The number of anilines is 1. The van der Waals surface area contributed by atoms with Crippen molar-refractivity contribution in [2.24, 2.45) is 11.8 Å². The SMILES string of the molecule is CC(C)CNc1cc(S(=O)(=O)N(CC(C)C)C[C@@H](O)[C@H](Cc2ccccc2)NC(=O)OC(C)(C)C)ccc1[N+](=O)[O-]. The first-order chi connectivity index (χ1) is 19.0. The molecule has 0 aliphatic heterocycles. The molecular formula is C29H44N4O7S. The van der Waals surface area contributed by atoms with E-state index in [-0.39, 0.29) is 47.6 Å². The van der Waals surface area contributed by atoms with Gasteiger partial charge in [0.25, 0.3) is 5.69 Å². The molecule has 228 valence electrons. The maximum Gasteiger partial charge on any atom is 0.407 e. The Morgan fingerprint density at radius 3 is 2.22 bits per heavy atom. The quantitative estimate of drug-likeness (QED) is 0.209. The van der Waals surface area contributed by atoms with Crippen molar-refractivity contribution in [2.45, 2.75) is 77.5 Å². The Hall–Kier alpha value is -3.22. The fourth-order valence-electron chi connectivity index (χ4n) is 4.06. The Morgan fingerprint density at radius 2 is 1.68 bits per heavy atom. The van der Waals surface area contributed by atoms with E-state index in [0.29, 0.717) is 6.54 Å². The second-order valence-electron chi connectivity index (χ2n) is 11.9. The van der Waals surface area contributed by atoms with Crippen LogP contribution in [0.25, 0.3) is 0 Å². The molecule has 2 atom stereocenters. The van der Waals surface area contributed by atoms with Crippen LogP contribution in [-0.4, -0.2) is 66.2 Å². The van der Waals surface area contributed by atoms with Crippen molar-refractivity contribution in [2.75, 3.05) is 25.0 Å². The molecule has 0 aliphatic carbocycles. The minimum atomic E-state index is -4.19. The number of rotatable bonds is 14. The van der Waals surface area contributed by atoms with E-state index in [1.165, 1.54) is 18.2 Å². The lowest BCUT2D eigenvalue weighted by Crippen LogP contribution is -2.51. The van der Waals surface area contributed by atoms with Gasteiger partial charge in [-0.15, -0.1) is 0 Å². The molecule has 0 aliphatic rings. The highest BCUT2D eigenvalue weighted by atomic mass is 32.2. The Bertz CT molecular complexity index is 1260. The molecule has 0 saturated carbocycles. The topological polar surface area (TPSA) is 151 Å². The summed E-state index contributed by atoms with van der Waals surface area (Å²) in [6.07, 6.45) is -1.79. The largest absolute Gasteiger partial charge is 0.444 e. The fraction of sp³-hybridized carbons (Fsp3) is 0.552. The number of aliphatic hydroxyl groups excluding tert-OH is 1. The Labute approximate surface area is 243 Å². The lowest BCUT2D eigenvalue weighted by atomic mass is 10.0. The van der Waals surface area contributed by atoms with Crippen LogP contribution in [0.15, 0.2) is 53.4 Å². The van der Waals surface area contributed by atoms with Crippen molar-refractivity contribution in [1.29, 1.82) is 0 Å². The summed E-state index contributed by atoms with van der Waals surface area (Å²) in [5, 5.41) is 28.6. The van der Waals surface area contributed by atoms with Gasteiger partial charge < -0.3 is 20.5 Å². The molecule has 11 nitrogen and oxygen atoms in total. The molecule has 0 unspecified atom stereocenters. The van der Waals surface area contributed by atoms with E-state index in [2.05, 4.69) is 10.6 Å². The standard InChI is InChI=1S/C29H44N4O7S/c1-20(2)17-30-24-16-23(13-14-26(24)33(36)37)41(38,39)32(18-21(3)4)19-27(34)25(15-22-11-9-8-10-12-22)31-28(35)40-29(5,6)7/h8-14,16,20-21,25,27,30,34H,15,17-19H2,1-7H3,(H,31,35)/t25-,27+/m0/s1. The number of alkyl carbamates (subject to hydrolysis) is 1. The second kappa shape index (κ2) is 14.6. The molecule has 0 fully saturated rings. The smallest absolute Gasteiger partial charge is 0.407 e. The van der Waals surface area contributed by atoms with Crippen LogP contribution < -0.4 is 10.6 Å². The van der Waals surface area contributed by atoms with Crippen molar-refractivity contribution in [3.05, 3.63) is 64.2 Å². The highest BCUT2D eigenvalue weighted by molar-refractivity contribution is 7.89. The van der Waals surface area contributed by atoms with Gasteiger partial charge in [-0.1, -0.05) is 58.0 Å². The molecule has 0 heterocycles. The summed E-state index contributed by atoms with van der Waals surface area (Å²) < 4.78 is 34.3. The minimum Gasteiger partial charge on any atom is -0.444 e. The summed E-state index contributed by atoms with van der Waals surface area (Å²) in [6, 6.07) is 12.0. The number of carbonyl (C=O) groups excluding carboxylic acids is 1. The fourth-order valence-corrected chi connectivity index (χ4v) is 5.71. The average Bonchev–Trinajstić information content (AvgIpc) is 2.85. The molecule has 2 aromatic carbocycles. The molecular weight excluding hydrogens is 548 g/mol. The number of sulfonamides is 1. The number of amides is 1. The number of aliphatic hydroxyl groups is 1. The maximum atomic E-state index is 13.9. The van der Waals surface area contributed by atoms with Crippen LogP contribution >= 0.6 is 0 Å². The highest BCUT2D eigenvalue weighted by Gasteiger charge is 2.33. The van der Waals surface area contributed by atoms with Gasteiger partial charge in [-0.2, -0.15) is 4.31 Å². The third-order valence-corrected chi connectivity index (χ3v) is 7.76. The van der Waals surface area contributed by atoms with Gasteiger partial charge in [-0.05, 0) is 56.7 Å². The molecule has 0 aromatic heterocycles. The summed E-state index contributed by atoms with van der Waals surface area (Å²) in [5.74, 6) is 0.0708. The number of nitro groups is 1. The van der Waals surface area contributed by atoms with E-state index < -0.39 is 38.8 Å². The van der Waals surface area contributed by atoms with Gasteiger partial charge in [0.15, 0.2) is 0 Å². The van der Waals surface area contributed by atoms with Gasteiger partial charge in [-0.3, -0.25) is 10.1 Å². The highest BCUT2D eigenvalue weighted by Crippen LogP contribution is 2.30. The number of hydrogen-bond acceptors (Lipinski definition) is 8. The normalized spacial score (nSPS) is 13.7. The van der Waals surface area contributed by atoms with E-state index in [1.807, 2.05) is 58.0 Å². The predicted octanol–water partition coefficient (Wildman–Crippen LogP) is 4.81. The van der Waals surface area contributed by atoms with E-state index in [4.69, 9.17) is 4.74 Å². The van der Waals surface area contributed by atoms with Gasteiger partial charge >= 0.3 is 6.09 Å². The zero-order chi connectivity index (χ0) is 31.0. The average molecular weight is 593 g/mol. The zero-order valence-corrected chi connectivity index (χ0v) is 25.8. The van der Waals surface area contributed by atoms with E-state index in [0.717, 1.165) is 9.87 Å². The van der Waals surface area contributed by atoms with Gasteiger partial charge in [-0.25, -0.2) is 13.2 Å². The number of nitro benzene ring substituents is 1. The molecule has 3 N–H and O–H groups in total. The lowest BCUT2D eigenvalue weighted by Gasteiger charge is -2.31. The monoisotopic (exact) mass is 592 g/mol. The molecule has 0 saturated heterocycles. The van der Waals surface area contributed by atoms with E-state index in [9.17, 15) is 28.4 Å². The molecule has 2 rings (SSSR count). The third kappa shape index (κ3) is 10.9.